The van der Waals surface area contributed by atoms with Gasteiger partial charge in [-0.05, 0) is 46.2 Å². The Morgan fingerprint density at radius 3 is 2.19 bits per heavy atom. The smallest absolute Gasteiger partial charge is 0.200 e. The summed E-state index contributed by atoms with van der Waals surface area (Å²) in [4.78, 5) is 12.4. The molecule has 0 saturated carbocycles. The molecular formula is C24H17BrO2. The number of carbonyl (C=O) groups is 1. The Morgan fingerprint density at radius 2 is 1.41 bits per heavy atom. The van der Waals surface area contributed by atoms with Crippen molar-refractivity contribution < 1.29 is 9.53 Å². The zero-order valence-electron chi connectivity index (χ0n) is 14.6. The van der Waals surface area contributed by atoms with E-state index >= 15 is 0 Å². The van der Waals surface area contributed by atoms with E-state index < -0.39 is 0 Å². The Hall–Kier alpha value is -2.91. The highest BCUT2D eigenvalue weighted by Crippen LogP contribution is 2.24. The molecule has 0 unspecified atom stereocenters. The van der Waals surface area contributed by atoms with Gasteiger partial charge in [-0.2, -0.15) is 0 Å². The lowest BCUT2D eigenvalue weighted by Gasteiger charge is -2.08. The predicted molar refractivity (Wildman–Crippen MR) is 113 cm³/mol. The third kappa shape index (κ3) is 4.09. The van der Waals surface area contributed by atoms with E-state index in [0.29, 0.717) is 11.3 Å². The molecule has 0 heterocycles. The summed E-state index contributed by atoms with van der Waals surface area (Å²) < 4.78 is 6.75. The molecule has 0 amide bonds. The zero-order valence-corrected chi connectivity index (χ0v) is 16.1. The standard InChI is InChI=1S/C24H17BrO2/c25-22-12-10-21-15-23(13-11-20(21)14-22)27-16-24(26)19-8-6-18(7-9-19)17-4-2-1-3-5-17/h1-15H,16H2. The van der Waals surface area contributed by atoms with Crippen LogP contribution in [0.3, 0.4) is 0 Å². The van der Waals surface area contributed by atoms with Gasteiger partial charge in [0.2, 0.25) is 0 Å². The number of fused-ring (bicyclic) bond motifs is 1. The van der Waals surface area contributed by atoms with Crippen LogP contribution in [0, 0.1) is 0 Å². The quantitative estimate of drug-likeness (QED) is 0.345. The maximum Gasteiger partial charge on any atom is 0.200 e. The normalized spacial score (nSPS) is 10.7. The number of benzene rings is 4. The van der Waals surface area contributed by atoms with Crippen molar-refractivity contribution in [1.29, 1.82) is 0 Å². The molecule has 27 heavy (non-hydrogen) atoms. The molecule has 0 fully saturated rings. The molecule has 0 spiro atoms. The topological polar surface area (TPSA) is 26.3 Å². The van der Waals surface area contributed by atoms with Gasteiger partial charge in [-0.1, -0.05) is 82.7 Å². The zero-order chi connectivity index (χ0) is 18.6. The first kappa shape index (κ1) is 17.5. The van der Waals surface area contributed by atoms with Gasteiger partial charge < -0.3 is 4.74 Å². The average molecular weight is 417 g/mol. The van der Waals surface area contributed by atoms with Crippen molar-refractivity contribution in [2.75, 3.05) is 6.61 Å². The molecule has 4 aromatic rings. The molecule has 0 atom stereocenters. The van der Waals surface area contributed by atoms with E-state index in [2.05, 4.69) is 34.1 Å². The Morgan fingerprint density at radius 1 is 0.741 bits per heavy atom. The molecule has 0 saturated heterocycles. The number of rotatable bonds is 5. The summed E-state index contributed by atoms with van der Waals surface area (Å²) in [5.41, 5.74) is 2.88. The minimum atomic E-state index is -0.0366. The van der Waals surface area contributed by atoms with Gasteiger partial charge in [-0.25, -0.2) is 0 Å². The molecular weight excluding hydrogens is 400 g/mol. The summed E-state index contributed by atoms with van der Waals surface area (Å²) >= 11 is 3.47. The van der Waals surface area contributed by atoms with Crippen molar-refractivity contribution in [1.82, 2.24) is 0 Å². The molecule has 3 heteroatoms. The second-order valence-electron chi connectivity index (χ2n) is 6.31. The van der Waals surface area contributed by atoms with Gasteiger partial charge in [0.1, 0.15) is 5.75 Å². The highest BCUT2D eigenvalue weighted by molar-refractivity contribution is 9.10. The van der Waals surface area contributed by atoms with Crippen LogP contribution in [0.2, 0.25) is 0 Å². The van der Waals surface area contributed by atoms with Crippen molar-refractivity contribution in [3.8, 4) is 16.9 Å². The lowest BCUT2D eigenvalue weighted by molar-refractivity contribution is 0.0921. The molecule has 4 aromatic carbocycles. The first-order chi connectivity index (χ1) is 13.2. The molecule has 0 aromatic heterocycles. The fourth-order valence-electron chi connectivity index (χ4n) is 3.00. The van der Waals surface area contributed by atoms with E-state index in [-0.39, 0.29) is 12.4 Å². The van der Waals surface area contributed by atoms with Crippen molar-refractivity contribution in [2.24, 2.45) is 0 Å². The summed E-state index contributed by atoms with van der Waals surface area (Å²) in [7, 11) is 0. The van der Waals surface area contributed by atoms with Crippen molar-refractivity contribution in [2.45, 2.75) is 0 Å². The number of Topliss-reactive ketones (excluding diaryl/α,β-unsaturated/α-hetero) is 1. The fourth-order valence-corrected chi connectivity index (χ4v) is 3.37. The molecule has 0 bridgehead atoms. The number of halogens is 1. The highest BCUT2D eigenvalue weighted by Gasteiger charge is 2.08. The van der Waals surface area contributed by atoms with Crippen LogP contribution in [-0.2, 0) is 0 Å². The number of ether oxygens (including phenoxy) is 1. The molecule has 132 valence electrons. The van der Waals surface area contributed by atoms with Crippen LogP contribution >= 0.6 is 15.9 Å². The third-order valence-corrected chi connectivity index (χ3v) is 4.95. The second-order valence-corrected chi connectivity index (χ2v) is 7.22. The van der Waals surface area contributed by atoms with Crippen molar-refractivity contribution in [3.63, 3.8) is 0 Å². The molecule has 0 N–H and O–H groups in total. The SMILES string of the molecule is O=C(COc1ccc2cc(Br)ccc2c1)c1ccc(-c2ccccc2)cc1. The summed E-state index contributed by atoms with van der Waals surface area (Å²) in [5.74, 6) is 0.657. The maximum atomic E-state index is 12.4. The third-order valence-electron chi connectivity index (χ3n) is 4.46. The predicted octanol–water partition coefficient (Wildman–Crippen LogP) is 6.53. The van der Waals surface area contributed by atoms with E-state index in [0.717, 1.165) is 26.4 Å². The van der Waals surface area contributed by atoms with E-state index in [1.54, 1.807) is 0 Å². The highest BCUT2D eigenvalue weighted by atomic mass is 79.9. The molecule has 0 aliphatic carbocycles. The first-order valence-corrected chi connectivity index (χ1v) is 9.49. The number of hydrogen-bond donors (Lipinski definition) is 0. The minimum absolute atomic E-state index is 0.0206. The van der Waals surface area contributed by atoms with E-state index in [4.69, 9.17) is 4.74 Å². The van der Waals surface area contributed by atoms with Crippen LogP contribution < -0.4 is 4.74 Å². The largest absolute Gasteiger partial charge is 0.485 e. The van der Waals surface area contributed by atoms with Gasteiger partial charge in [0, 0.05) is 10.0 Å². The number of ketones is 1. The number of hydrogen-bond acceptors (Lipinski definition) is 2. The molecule has 0 radical (unpaired) electrons. The van der Waals surface area contributed by atoms with Crippen LogP contribution in [0.25, 0.3) is 21.9 Å². The van der Waals surface area contributed by atoms with E-state index in [9.17, 15) is 4.79 Å². The summed E-state index contributed by atoms with van der Waals surface area (Å²) in [6.07, 6.45) is 0. The Bertz CT molecular complexity index is 1090. The number of carbonyl (C=O) groups excluding carboxylic acids is 1. The van der Waals surface area contributed by atoms with Crippen LogP contribution in [0.1, 0.15) is 10.4 Å². The van der Waals surface area contributed by atoms with Gasteiger partial charge in [-0.15, -0.1) is 0 Å². The van der Waals surface area contributed by atoms with Crippen molar-refractivity contribution in [3.05, 3.63) is 101 Å². The lowest BCUT2D eigenvalue weighted by atomic mass is 10.0. The van der Waals surface area contributed by atoms with Gasteiger partial charge in [0.25, 0.3) is 0 Å². The van der Waals surface area contributed by atoms with Crippen molar-refractivity contribution >= 4 is 32.5 Å². The lowest BCUT2D eigenvalue weighted by Crippen LogP contribution is -2.11. The van der Waals surface area contributed by atoms with Crippen LogP contribution in [-0.4, -0.2) is 12.4 Å². The Labute approximate surface area is 166 Å². The Balaban J connectivity index is 1.44. The molecule has 2 nitrogen and oxygen atoms in total. The molecule has 4 rings (SSSR count). The second kappa shape index (κ2) is 7.77. The van der Waals surface area contributed by atoms with Gasteiger partial charge in [-0.3, -0.25) is 4.79 Å². The van der Waals surface area contributed by atoms with E-state index in [1.807, 2.05) is 72.8 Å². The average Bonchev–Trinajstić information content (AvgIpc) is 2.72. The van der Waals surface area contributed by atoms with Crippen LogP contribution in [0.5, 0.6) is 5.75 Å². The van der Waals surface area contributed by atoms with Crippen LogP contribution in [0.4, 0.5) is 0 Å². The maximum absolute atomic E-state index is 12.4. The fraction of sp³-hybridized carbons (Fsp3) is 0.0417. The molecule has 0 aliphatic rings. The molecule has 0 aliphatic heterocycles. The summed E-state index contributed by atoms with van der Waals surface area (Å²) in [6.45, 7) is 0.0206. The van der Waals surface area contributed by atoms with Crippen LogP contribution in [0.15, 0.2) is 95.5 Å². The first-order valence-electron chi connectivity index (χ1n) is 8.70. The summed E-state index contributed by atoms with van der Waals surface area (Å²) in [5, 5.41) is 2.20. The van der Waals surface area contributed by atoms with Gasteiger partial charge in [0.05, 0.1) is 0 Å². The minimum Gasteiger partial charge on any atom is -0.485 e. The van der Waals surface area contributed by atoms with Gasteiger partial charge >= 0.3 is 0 Å². The summed E-state index contributed by atoms with van der Waals surface area (Å²) in [6, 6.07) is 29.7. The van der Waals surface area contributed by atoms with Gasteiger partial charge in [0.15, 0.2) is 12.4 Å². The monoisotopic (exact) mass is 416 g/mol. The Kier molecular flexibility index (Phi) is 5.03. The van der Waals surface area contributed by atoms with E-state index in [1.165, 1.54) is 0 Å².